The van der Waals surface area contributed by atoms with Gasteiger partial charge in [0.15, 0.2) is 0 Å². The largest absolute Gasteiger partial charge is 0.354 e. The van der Waals surface area contributed by atoms with Gasteiger partial charge in [-0.1, -0.05) is 13.8 Å². The molecule has 1 aliphatic rings. The molecule has 24 heavy (non-hydrogen) atoms. The first kappa shape index (κ1) is 18.9. The smallest absolute Gasteiger partial charge is 0.225 e. The quantitative estimate of drug-likeness (QED) is 0.856. The average molecular weight is 352 g/mol. The Balaban J connectivity index is 1.90. The van der Waals surface area contributed by atoms with Crippen molar-refractivity contribution >= 4 is 23.2 Å². The number of carbonyl (C=O) groups excluding carboxylic acids is 2. The fourth-order valence-electron chi connectivity index (χ4n) is 3.16. The molecule has 2 heterocycles. The zero-order valence-corrected chi connectivity index (χ0v) is 15.9. The van der Waals surface area contributed by atoms with Gasteiger partial charge in [-0.3, -0.25) is 9.59 Å². The van der Waals surface area contributed by atoms with E-state index in [0.29, 0.717) is 13.1 Å². The number of hydrogen-bond acceptors (Lipinski definition) is 4. The van der Waals surface area contributed by atoms with Gasteiger partial charge in [-0.25, -0.2) is 0 Å². The van der Waals surface area contributed by atoms with Crippen LogP contribution in [0.25, 0.3) is 0 Å². The van der Waals surface area contributed by atoms with Crippen molar-refractivity contribution in [2.45, 2.75) is 32.7 Å². The third-order valence-corrected chi connectivity index (χ3v) is 5.32. The van der Waals surface area contributed by atoms with E-state index in [1.54, 1.807) is 11.3 Å². The third kappa shape index (κ3) is 4.80. The van der Waals surface area contributed by atoms with Crippen LogP contribution in [0, 0.1) is 11.8 Å². The van der Waals surface area contributed by atoms with E-state index in [1.807, 2.05) is 32.8 Å². The highest BCUT2D eigenvalue weighted by Gasteiger charge is 2.29. The lowest BCUT2D eigenvalue weighted by Crippen LogP contribution is -2.47. The van der Waals surface area contributed by atoms with E-state index in [2.05, 4.69) is 27.0 Å². The van der Waals surface area contributed by atoms with Crippen molar-refractivity contribution in [1.82, 2.24) is 15.1 Å². The Morgan fingerprint density at radius 1 is 1.42 bits per heavy atom. The van der Waals surface area contributed by atoms with Gasteiger partial charge in [-0.2, -0.15) is 11.3 Å². The molecule has 1 N–H and O–H groups in total. The third-order valence-electron chi connectivity index (χ3n) is 4.62. The molecule has 134 valence electrons. The molecule has 5 nitrogen and oxygen atoms in total. The van der Waals surface area contributed by atoms with Gasteiger partial charge in [-0.05, 0) is 49.3 Å². The zero-order chi connectivity index (χ0) is 17.7. The number of piperidine rings is 1. The molecule has 2 atom stereocenters. The zero-order valence-electron chi connectivity index (χ0n) is 15.1. The summed E-state index contributed by atoms with van der Waals surface area (Å²) in [6.45, 7) is 5.74. The summed E-state index contributed by atoms with van der Waals surface area (Å²) in [6, 6.07) is 2.28. The second-order valence-electron chi connectivity index (χ2n) is 7.06. The normalized spacial score (nSPS) is 19.6. The number of carbonyl (C=O) groups is 2. The number of amides is 2. The van der Waals surface area contributed by atoms with Crippen molar-refractivity contribution in [2.75, 3.05) is 33.7 Å². The van der Waals surface area contributed by atoms with E-state index in [-0.39, 0.29) is 29.7 Å². The summed E-state index contributed by atoms with van der Waals surface area (Å²) in [7, 11) is 4.05. The van der Waals surface area contributed by atoms with Crippen LogP contribution >= 0.6 is 11.3 Å². The van der Waals surface area contributed by atoms with Crippen LogP contribution < -0.4 is 5.32 Å². The Morgan fingerprint density at radius 2 is 2.17 bits per heavy atom. The van der Waals surface area contributed by atoms with Crippen LogP contribution in [0.3, 0.4) is 0 Å². The number of hydrogen-bond donors (Lipinski definition) is 1. The number of thiophene rings is 1. The molecule has 0 unspecified atom stereocenters. The number of likely N-dealkylation sites (tertiary alicyclic amines) is 1. The summed E-state index contributed by atoms with van der Waals surface area (Å²) in [5, 5.41) is 7.28. The lowest BCUT2D eigenvalue weighted by atomic mass is 9.96. The predicted octanol–water partition coefficient (Wildman–Crippen LogP) is 2.36. The van der Waals surface area contributed by atoms with E-state index in [4.69, 9.17) is 0 Å². The van der Waals surface area contributed by atoms with Crippen LogP contribution in [0.2, 0.25) is 0 Å². The minimum absolute atomic E-state index is 0.0106. The summed E-state index contributed by atoms with van der Waals surface area (Å²) in [5.74, 6) is 0.116. The van der Waals surface area contributed by atoms with E-state index >= 15 is 0 Å². The number of nitrogens with zero attached hydrogens (tertiary/aromatic N) is 2. The van der Waals surface area contributed by atoms with Crippen LogP contribution in [-0.4, -0.2) is 55.3 Å². The molecule has 0 aromatic carbocycles. The van der Waals surface area contributed by atoms with E-state index in [1.165, 1.54) is 5.56 Å². The molecule has 0 aliphatic carbocycles. The fourth-order valence-corrected chi connectivity index (χ4v) is 3.87. The Kier molecular flexibility index (Phi) is 6.80. The molecule has 1 aromatic heterocycles. The molecular formula is C18H29N3O2S. The number of likely N-dealkylation sites (N-methyl/N-ethyl adjacent to an activating group) is 1. The molecule has 0 spiro atoms. The van der Waals surface area contributed by atoms with Crippen LogP contribution in [-0.2, 0) is 9.59 Å². The molecule has 1 aliphatic heterocycles. The highest BCUT2D eigenvalue weighted by Crippen LogP contribution is 2.22. The minimum Gasteiger partial charge on any atom is -0.354 e. The molecule has 1 fully saturated rings. The molecule has 1 saturated heterocycles. The first-order valence-electron chi connectivity index (χ1n) is 8.65. The Morgan fingerprint density at radius 3 is 2.75 bits per heavy atom. The van der Waals surface area contributed by atoms with Crippen LogP contribution in [0.5, 0.6) is 0 Å². The summed E-state index contributed by atoms with van der Waals surface area (Å²) in [6.07, 6.45) is 1.76. The lowest BCUT2D eigenvalue weighted by Gasteiger charge is -2.33. The van der Waals surface area contributed by atoms with Crippen LogP contribution in [0.15, 0.2) is 16.8 Å². The monoisotopic (exact) mass is 351 g/mol. The van der Waals surface area contributed by atoms with Crippen molar-refractivity contribution in [3.8, 4) is 0 Å². The van der Waals surface area contributed by atoms with Crippen molar-refractivity contribution in [3.63, 3.8) is 0 Å². The average Bonchev–Trinajstić information content (AvgIpc) is 3.08. The highest BCUT2D eigenvalue weighted by molar-refractivity contribution is 7.07. The molecule has 0 bridgehead atoms. The maximum absolute atomic E-state index is 12.6. The Labute approximate surface area is 149 Å². The summed E-state index contributed by atoms with van der Waals surface area (Å²) < 4.78 is 0. The number of nitrogens with one attached hydrogen (secondary N) is 1. The fraction of sp³-hybridized carbons (Fsp3) is 0.667. The van der Waals surface area contributed by atoms with E-state index < -0.39 is 0 Å². The van der Waals surface area contributed by atoms with Gasteiger partial charge in [-0.15, -0.1) is 0 Å². The van der Waals surface area contributed by atoms with E-state index in [9.17, 15) is 9.59 Å². The summed E-state index contributed by atoms with van der Waals surface area (Å²) >= 11 is 1.67. The van der Waals surface area contributed by atoms with Gasteiger partial charge < -0.3 is 15.1 Å². The lowest BCUT2D eigenvalue weighted by molar-refractivity contribution is -0.138. The molecule has 2 amide bonds. The highest BCUT2D eigenvalue weighted by atomic mass is 32.1. The first-order valence-corrected chi connectivity index (χ1v) is 9.59. The van der Waals surface area contributed by atoms with Gasteiger partial charge >= 0.3 is 0 Å². The van der Waals surface area contributed by atoms with Crippen molar-refractivity contribution in [3.05, 3.63) is 22.4 Å². The van der Waals surface area contributed by atoms with Gasteiger partial charge in [0.1, 0.15) is 0 Å². The van der Waals surface area contributed by atoms with Gasteiger partial charge in [0, 0.05) is 25.6 Å². The van der Waals surface area contributed by atoms with Gasteiger partial charge in [0.05, 0.1) is 12.0 Å². The van der Waals surface area contributed by atoms with E-state index in [0.717, 1.165) is 19.4 Å². The first-order chi connectivity index (χ1) is 11.4. The van der Waals surface area contributed by atoms with Crippen molar-refractivity contribution in [2.24, 2.45) is 11.8 Å². The van der Waals surface area contributed by atoms with Crippen LogP contribution in [0.1, 0.15) is 38.3 Å². The summed E-state index contributed by atoms with van der Waals surface area (Å²) in [5.41, 5.74) is 1.23. The SMILES string of the molecule is CC(C)C(=O)N1CCC[C@@H](C(=O)NC[C@H](c2ccsc2)N(C)C)C1. The molecule has 0 radical (unpaired) electrons. The maximum atomic E-state index is 12.6. The topological polar surface area (TPSA) is 52.7 Å². The molecule has 1 aromatic rings. The van der Waals surface area contributed by atoms with Crippen LogP contribution in [0.4, 0.5) is 0 Å². The second-order valence-corrected chi connectivity index (χ2v) is 7.84. The number of rotatable bonds is 6. The van der Waals surface area contributed by atoms with Gasteiger partial charge in [0.2, 0.25) is 11.8 Å². The summed E-state index contributed by atoms with van der Waals surface area (Å²) in [4.78, 5) is 28.7. The molecule has 2 rings (SSSR count). The molecular weight excluding hydrogens is 322 g/mol. The minimum atomic E-state index is -0.0910. The standard InChI is InChI=1S/C18H29N3O2S/c1-13(2)18(23)21-8-5-6-14(11-21)17(22)19-10-16(20(3)4)15-7-9-24-12-15/h7,9,12-14,16H,5-6,8,10-11H2,1-4H3,(H,19,22)/t14-,16-/m1/s1. The van der Waals surface area contributed by atoms with Gasteiger partial charge in [0.25, 0.3) is 0 Å². The Bertz CT molecular complexity index is 542. The predicted molar refractivity (Wildman–Crippen MR) is 97.9 cm³/mol. The molecule has 0 saturated carbocycles. The Hall–Kier alpha value is -1.40. The van der Waals surface area contributed by atoms with Crippen molar-refractivity contribution < 1.29 is 9.59 Å². The van der Waals surface area contributed by atoms with Crippen molar-refractivity contribution in [1.29, 1.82) is 0 Å². The second kappa shape index (κ2) is 8.62. The molecule has 6 heteroatoms. The maximum Gasteiger partial charge on any atom is 0.225 e.